The minimum Gasteiger partial charge on any atom is -0.491 e. The van der Waals surface area contributed by atoms with Crippen molar-refractivity contribution in [3.63, 3.8) is 0 Å². The van der Waals surface area contributed by atoms with E-state index >= 15 is 0 Å². The van der Waals surface area contributed by atoms with Crippen molar-refractivity contribution in [2.24, 2.45) is 5.41 Å². The van der Waals surface area contributed by atoms with Gasteiger partial charge in [0.15, 0.2) is 9.84 Å². The van der Waals surface area contributed by atoms with Crippen LogP contribution in [0, 0.1) is 5.41 Å². The maximum Gasteiger partial charge on any atom is 0.341 e. The zero-order chi connectivity index (χ0) is 22.8. The SMILES string of the molecule is COCC1(COc2cc3c(cc2Cl)-c2c(cc(C(=O)O)c(=O)n2C2CC2)CS3(=O)=O)CC1. The number of nitrogens with zero attached hydrogens (tertiary/aromatic N) is 1. The highest BCUT2D eigenvalue weighted by Gasteiger charge is 2.44. The van der Waals surface area contributed by atoms with Gasteiger partial charge in [-0.2, -0.15) is 0 Å². The van der Waals surface area contributed by atoms with Crippen molar-refractivity contribution in [1.29, 1.82) is 0 Å². The molecule has 2 aromatic rings. The summed E-state index contributed by atoms with van der Waals surface area (Å²) in [5, 5.41) is 9.69. The largest absolute Gasteiger partial charge is 0.491 e. The zero-order valence-electron chi connectivity index (χ0n) is 17.4. The first-order valence-corrected chi connectivity index (χ1v) is 12.4. The Bertz CT molecular complexity index is 1310. The first-order valence-electron chi connectivity index (χ1n) is 10.4. The lowest BCUT2D eigenvalue weighted by atomic mass is 10.0. The number of hydrogen-bond acceptors (Lipinski definition) is 6. The maximum atomic E-state index is 13.1. The number of rotatable bonds is 7. The normalized spacial score (nSPS) is 19.7. The number of ether oxygens (including phenoxy) is 2. The van der Waals surface area contributed by atoms with E-state index in [9.17, 15) is 23.1 Å². The molecule has 1 aliphatic heterocycles. The second-order valence-corrected chi connectivity index (χ2v) is 11.3. The molecule has 2 heterocycles. The molecule has 8 nitrogen and oxygen atoms in total. The Hall–Kier alpha value is -2.36. The average molecular weight is 480 g/mol. The van der Waals surface area contributed by atoms with E-state index in [1.807, 2.05) is 0 Å². The molecule has 1 aromatic heterocycles. The maximum absolute atomic E-state index is 13.1. The van der Waals surface area contributed by atoms with Gasteiger partial charge in [0.2, 0.25) is 0 Å². The summed E-state index contributed by atoms with van der Waals surface area (Å²) in [7, 11) is -2.16. The van der Waals surface area contributed by atoms with Crippen molar-refractivity contribution < 1.29 is 27.8 Å². The molecule has 0 unspecified atom stereocenters. The Kier molecular flexibility index (Phi) is 4.92. The fourth-order valence-electron chi connectivity index (χ4n) is 4.35. The van der Waals surface area contributed by atoms with Crippen LogP contribution in [0.3, 0.4) is 0 Å². The van der Waals surface area contributed by atoms with Crippen molar-refractivity contribution in [3.05, 3.63) is 44.7 Å². The lowest BCUT2D eigenvalue weighted by Gasteiger charge is -2.26. The number of benzene rings is 1. The topological polar surface area (TPSA) is 112 Å². The fourth-order valence-corrected chi connectivity index (χ4v) is 6.13. The van der Waals surface area contributed by atoms with Gasteiger partial charge < -0.3 is 19.1 Å². The zero-order valence-corrected chi connectivity index (χ0v) is 19.0. The number of pyridine rings is 1. The van der Waals surface area contributed by atoms with Crippen molar-refractivity contribution >= 4 is 27.4 Å². The first kappa shape index (κ1) is 21.5. The lowest BCUT2D eigenvalue weighted by molar-refractivity contribution is 0.0694. The van der Waals surface area contributed by atoms with Gasteiger partial charge in [0, 0.05) is 30.2 Å². The number of sulfone groups is 1. The number of carboxylic acids is 1. The standard InChI is InChI=1S/C22H22ClNO7S/c1-30-10-22(4-5-22)11-31-17-8-18-14(7-16(17)23)19-12(9-32(18,28)29)6-15(21(26)27)20(25)24(19)13-2-3-13/h6-8,13H,2-5,9-11H2,1H3,(H,26,27). The smallest absolute Gasteiger partial charge is 0.341 e. The Morgan fingerprint density at radius 1 is 1.25 bits per heavy atom. The summed E-state index contributed by atoms with van der Waals surface area (Å²) in [6.07, 6.45) is 3.39. The van der Waals surface area contributed by atoms with Crippen LogP contribution in [0.2, 0.25) is 5.02 Å². The van der Waals surface area contributed by atoms with Gasteiger partial charge in [0.05, 0.1) is 34.6 Å². The average Bonchev–Trinajstić information content (AvgIpc) is 3.63. The van der Waals surface area contributed by atoms with Crippen LogP contribution in [0.1, 0.15) is 47.6 Å². The van der Waals surface area contributed by atoms with E-state index in [1.54, 1.807) is 7.11 Å². The van der Waals surface area contributed by atoms with Gasteiger partial charge in [-0.3, -0.25) is 4.79 Å². The Balaban J connectivity index is 1.64. The van der Waals surface area contributed by atoms with E-state index < -0.39 is 32.7 Å². The molecule has 2 saturated carbocycles. The van der Waals surface area contributed by atoms with Gasteiger partial charge >= 0.3 is 5.97 Å². The molecule has 170 valence electrons. The van der Waals surface area contributed by atoms with Gasteiger partial charge in [-0.1, -0.05) is 11.6 Å². The highest BCUT2D eigenvalue weighted by molar-refractivity contribution is 7.90. The molecule has 2 fully saturated rings. The summed E-state index contributed by atoms with van der Waals surface area (Å²) in [6.45, 7) is 0.922. The number of methoxy groups -OCH3 is 1. The molecule has 0 bridgehead atoms. The van der Waals surface area contributed by atoms with Crippen LogP contribution in [-0.4, -0.2) is 44.4 Å². The van der Waals surface area contributed by atoms with Crippen molar-refractivity contribution in [3.8, 4) is 17.0 Å². The van der Waals surface area contributed by atoms with Crippen LogP contribution in [0.4, 0.5) is 0 Å². The molecule has 2 aliphatic carbocycles. The van der Waals surface area contributed by atoms with Gasteiger partial charge in [0.25, 0.3) is 5.56 Å². The molecule has 0 atom stereocenters. The highest BCUT2D eigenvalue weighted by Crippen LogP contribution is 2.48. The second kappa shape index (κ2) is 7.33. The van der Waals surface area contributed by atoms with Crippen LogP contribution in [0.5, 0.6) is 5.75 Å². The van der Waals surface area contributed by atoms with E-state index in [4.69, 9.17) is 21.1 Å². The summed E-state index contributed by atoms with van der Waals surface area (Å²) in [5.74, 6) is -1.50. The minimum absolute atomic E-state index is 0.0397. The predicted octanol–water partition coefficient (Wildman–Crippen LogP) is 3.29. The third-order valence-electron chi connectivity index (χ3n) is 6.37. The fraction of sp³-hybridized carbons (Fsp3) is 0.455. The Labute approximate surface area is 189 Å². The van der Waals surface area contributed by atoms with Crippen LogP contribution in [-0.2, 0) is 20.3 Å². The molecule has 0 saturated heterocycles. The molecule has 0 amide bonds. The molecular formula is C22H22ClNO7S. The van der Waals surface area contributed by atoms with Crippen LogP contribution in [0.15, 0.2) is 27.9 Å². The van der Waals surface area contributed by atoms with Gasteiger partial charge in [-0.15, -0.1) is 0 Å². The number of halogens is 1. The second-order valence-electron chi connectivity index (χ2n) is 8.90. The Morgan fingerprint density at radius 2 is 1.97 bits per heavy atom. The van der Waals surface area contributed by atoms with E-state index in [-0.39, 0.29) is 27.1 Å². The minimum atomic E-state index is -3.79. The number of hydrogen-bond donors (Lipinski definition) is 1. The molecule has 3 aliphatic rings. The molecule has 0 spiro atoms. The number of carboxylic acid groups (broad SMARTS) is 1. The number of carbonyl (C=O) groups is 1. The molecule has 0 radical (unpaired) electrons. The highest BCUT2D eigenvalue weighted by atomic mass is 35.5. The van der Waals surface area contributed by atoms with Crippen LogP contribution < -0.4 is 10.3 Å². The van der Waals surface area contributed by atoms with Gasteiger partial charge in [-0.25, -0.2) is 13.2 Å². The summed E-state index contributed by atoms with van der Waals surface area (Å²) >= 11 is 6.48. The number of aromatic nitrogens is 1. The molecule has 5 rings (SSSR count). The summed E-state index contributed by atoms with van der Waals surface area (Å²) in [5.41, 5.74) is -0.0902. The quantitative estimate of drug-likeness (QED) is 0.648. The molecule has 1 N–H and O–H groups in total. The van der Waals surface area contributed by atoms with E-state index in [2.05, 4.69) is 0 Å². The van der Waals surface area contributed by atoms with Crippen molar-refractivity contribution in [2.45, 2.75) is 42.4 Å². The molecule has 10 heteroatoms. The van der Waals surface area contributed by atoms with Crippen LogP contribution >= 0.6 is 11.6 Å². The van der Waals surface area contributed by atoms with Crippen LogP contribution in [0.25, 0.3) is 11.3 Å². The first-order chi connectivity index (χ1) is 15.2. The number of fused-ring (bicyclic) bond motifs is 3. The van der Waals surface area contributed by atoms with Gasteiger partial charge in [-0.05, 0) is 43.4 Å². The lowest BCUT2D eigenvalue weighted by Crippen LogP contribution is -2.30. The van der Waals surface area contributed by atoms with E-state index in [1.165, 1.54) is 22.8 Å². The third kappa shape index (κ3) is 3.52. The van der Waals surface area contributed by atoms with Crippen molar-refractivity contribution in [1.82, 2.24) is 4.57 Å². The Morgan fingerprint density at radius 3 is 2.56 bits per heavy atom. The number of aromatic carboxylic acids is 1. The molecular weight excluding hydrogens is 458 g/mol. The summed E-state index contributed by atoms with van der Waals surface area (Å²) < 4.78 is 38.8. The van der Waals surface area contributed by atoms with Gasteiger partial charge in [0.1, 0.15) is 11.3 Å². The van der Waals surface area contributed by atoms with E-state index in [0.717, 1.165) is 25.7 Å². The monoisotopic (exact) mass is 479 g/mol. The molecule has 1 aromatic carbocycles. The van der Waals surface area contributed by atoms with Crippen molar-refractivity contribution in [2.75, 3.05) is 20.3 Å². The third-order valence-corrected chi connectivity index (χ3v) is 8.36. The molecule has 32 heavy (non-hydrogen) atoms. The predicted molar refractivity (Wildman–Crippen MR) is 116 cm³/mol. The van der Waals surface area contributed by atoms with E-state index in [0.29, 0.717) is 30.0 Å². The summed E-state index contributed by atoms with van der Waals surface area (Å²) in [6, 6.07) is 3.96. The summed E-state index contributed by atoms with van der Waals surface area (Å²) in [4.78, 5) is 24.6.